The fourth-order valence-corrected chi connectivity index (χ4v) is 3.36. The second-order valence-corrected chi connectivity index (χ2v) is 8.12. The summed E-state index contributed by atoms with van der Waals surface area (Å²) in [6.45, 7) is 8.99. The van der Waals surface area contributed by atoms with Gasteiger partial charge in [0.15, 0.2) is 0 Å². The fraction of sp³-hybridized carbons (Fsp3) is 0.571. The van der Waals surface area contributed by atoms with Crippen LogP contribution in [0.1, 0.15) is 33.3 Å². The van der Waals surface area contributed by atoms with Gasteiger partial charge in [-0.05, 0) is 30.0 Å². The Morgan fingerprint density at radius 1 is 1.16 bits per heavy atom. The van der Waals surface area contributed by atoms with E-state index in [0.29, 0.717) is 18.1 Å². The van der Waals surface area contributed by atoms with Gasteiger partial charge in [-0.25, -0.2) is 13.1 Å². The van der Waals surface area contributed by atoms with Crippen molar-refractivity contribution in [3.63, 3.8) is 0 Å². The average Bonchev–Trinajstić information content (AvgIpc) is 2.25. The molecule has 1 aliphatic rings. The van der Waals surface area contributed by atoms with E-state index < -0.39 is 15.6 Å². The lowest BCUT2D eigenvalue weighted by Crippen LogP contribution is -2.59. The molecule has 0 atom stereocenters. The Hall–Kier alpha value is -0.910. The Morgan fingerprint density at radius 2 is 1.68 bits per heavy atom. The van der Waals surface area contributed by atoms with E-state index in [1.54, 1.807) is 12.1 Å². The predicted octanol–water partition coefficient (Wildman–Crippen LogP) is 2.05. The first kappa shape index (κ1) is 14.5. The van der Waals surface area contributed by atoms with Gasteiger partial charge >= 0.3 is 0 Å². The quantitative estimate of drug-likeness (QED) is 0.923. The second kappa shape index (κ2) is 4.58. The number of sulfonamides is 1. The Balaban J connectivity index is 2.22. The summed E-state index contributed by atoms with van der Waals surface area (Å²) in [5.41, 5.74) is 0.662. The molecular weight excluding hydrogens is 262 g/mol. The van der Waals surface area contributed by atoms with Gasteiger partial charge in [0, 0.05) is 0 Å². The van der Waals surface area contributed by atoms with Crippen LogP contribution in [0.15, 0.2) is 29.2 Å². The van der Waals surface area contributed by atoms with Gasteiger partial charge in [-0.15, -0.1) is 0 Å². The zero-order valence-corrected chi connectivity index (χ0v) is 12.7. The largest absolute Gasteiger partial charge is 0.377 e. The SMILES string of the molecule is CC1(NS(=O)(=O)c2ccc(C(C)(C)C)cc2)COC1. The third-order valence-electron chi connectivity index (χ3n) is 3.25. The van der Waals surface area contributed by atoms with Gasteiger partial charge < -0.3 is 4.74 Å². The number of hydrogen-bond acceptors (Lipinski definition) is 3. The Labute approximate surface area is 115 Å². The highest BCUT2D eigenvalue weighted by Gasteiger charge is 2.37. The van der Waals surface area contributed by atoms with Crippen LogP contribution in [0.25, 0.3) is 0 Å². The monoisotopic (exact) mass is 283 g/mol. The summed E-state index contributed by atoms with van der Waals surface area (Å²) in [7, 11) is -3.47. The maximum atomic E-state index is 12.2. The standard InChI is InChI=1S/C14H21NO3S/c1-13(2,3)11-5-7-12(8-6-11)19(16,17)15-14(4)9-18-10-14/h5-8,15H,9-10H2,1-4H3. The highest BCUT2D eigenvalue weighted by Crippen LogP contribution is 2.24. The first-order chi connectivity index (χ1) is 8.62. The lowest BCUT2D eigenvalue weighted by molar-refractivity contribution is -0.0523. The molecule has 106 valence electrons. The van der Waals surface area contributed by atoms with Crippen molar-refractivity contribution in [2.24, 2.45) is 0 Å². The van der Waals surface area contributed by atoms with Crippen molar-refractivity contribution < 1.29 is 13.2 Å². The number of hydrogen-bond donors (Lipinski definition) is 1. The van der Waals surface area contributed by atoms with E-state index in [9.17, 15) is 8.42 Å². The maximum absolute atomic E-state index is 12.2. The third-order valence-corrected chi connectivity index (χ3v) is 4.91. The highest BCUT2D eigenvalue weighted by atomic mass is 32.2. The smallest absolute Gasteiger partial charge is 0.241 e. The molecule has 1 N–H and O–H groups in total. The van der Waals surface area contributed by atoms with Crippen LogP contribution in [-0.4, -0.2) is 27.2 Å². The molecule has 0 aliphatic carbocycles. The van der Waals surface area contributed by atoms with Gasteiger partial charge in [-0.1, -0.05) is 32.9 Å². The van der Waals surface area contributed by atoms with Crippen molar-refractivity contribution in [2.45, 2.75) is 43.5 Å². The maximum Gasteiger partial charge on any atom is 0.241 e. The molecule has 1 aliphatic heterocycles. The van der Waals surface area contributed by atoms with Crippen LogP contribution >= 0.6 is 0 Å². The molecular formula is C14H21NO3S. The van der Waals surface area contributed by atoms with Crippen molar-refractivity contribution in [1.82, 2.24) is 4.72 Å². The van der Waals surface area contributed by atoms with E-state index in [2.05, 4.69) is 25.5 Å². The molecule has 0 saturated carbocycles. The van der Waals surface area contributed by atoms with E-state index in [-0.39, 0.29) is 5.41 Å². The molecule has 5 heteroatoms. The van der Waals surface area contributed by atoms with Crippen LogP contribution in [0.5, 0.6) is 0 Å². The molecule has 0 amide bonds. The van der Waals surface area contributed by atoms with Gasteiger partial charge in [0.25, 0.3) is 0 Å². The molecule has 0 bridgehead atoms. The van der Waals surface area contributed by atoms with Crippen molar-refractivity contribution >= 4 is 10.0 Å². The van der Waals surface area contributed by atoms with Gasteiger partial charge in [0.1, 0.15) is 0 Å². The van der Waals surface area contributed by atoms with Crippen LogP contribution in [0, 0.1) is 0 Å². The summed E-state index contributed by atoms with van der Waals surface area (Å²) in [5.74, 6) is 0. The van der Waals surface area contributed by atoms with Crippen LogP contribution < -0.4 is 4.72 Å². The van der Waals surface area contributed by atoms with E-state index in [0.717, 1.165) is 5.56 Å². The minimum atomic E-state index is -3.47. The molecule has 1 aromatic rings. The summed E-state index contributed by atoms with van der Waals surface area (Å²) < 4.78 is 32.2. The normalized spacial score (nSPS) is 18.9. The lowest BCUT2D eigenvalue weighted by Gasteiger charge is -2.38. The van der Waals surface area contributed by atoms with E-state index in [1.165, 1.54) is 0 Å². The molecule has 0 aromatic heterocycles. The molecule has 1 heterocycles. The summed E-state index contributed by atoms with van der Waals surface area (Å²) in [6, 6.07) is 7.06. The van der Waals surface area contributed by atoms with Crippen LogP contribution in [0.2, 0.25) is 0 Å². The average molecular weight is 283 g/mol. The lowest BCUT2D eigenvalue weighted by atomic mass is 9.87. The van der Waals surface area contributed by atoms with Gasteiger partial charge in [0.05, 0.1) is 23.6 Å². The minimum absolute atomic E-state index is 0.0174. The van der Waals surface area contributed by atoms with Crippen molar-refractivity contribution in [2.75, 3.05) is 13.2 Å². The zero-order valence-electron chi connectivity index (χ0n) is 11.9. The topological polar surface area (TPSA) is 55.4 Å². The first-order valence-electron chi connectivity index (χ1n) is 6.35. The molecule has 1 fully saturated rings. The molecule has 0 spiro atoms. The van der Waals surface area contributed by atoms with Gasteiger partial charge in [-0.3, -0.25) is 0 Å². The molecule has 2 rings (SSSR count). The Bertz CT molecular complexity index is 551. The van der Waals surface area contributed by atoms with E-state index in [1.807, 2.05) is 19.1 Å². The van der Waals surface area contributed by atoms with Crippen molar-refractivity contribution in [3.8, 4) is 0 Å². The zero-order chi connectivity index (χ0) is 14.3. The third kappa shape index (κ3) is 3.16. The summed E-state index contributed by atoms with van der Waals surface area (Å²) in [5, 5.41) is 0. The molecule has 4 nitrogen and oxygen atoms in total. The summed E-state index contributed by atoms with van der Waals surface area (Å²) in [6.07, 6.45) is 0. The van der Waals surface area contributed by atoms with Crippen LogP contribution in [0.4, 0.5) is 0 Å². The number of nitrogens with one attached hydrogen (secondary N) is 1. The van der Waals surface area contributed by atoms with E-state index in [4.69, 9.17) is 4.74 Å². The molecule has 1 saturated heterocycles. The Kier molecular flexibility index (Phi) is 3.49. The number of benzene rings is 1. The summed E-state index contributed by atoms with van der Waals surface area (Å²) in [4.78, 5) is 0.300. The molecule has 0 radical (unpaired) electrons. The summed E-state index contributed by atoms with van der Waals surface area (Å²) >= 11 is 0. The molecule has 0 unspecified atom stereocenters. The van der Waals surface area contributed by atoms with Crippen LogP contribution in [0.3, 0.4) is 0 Å². The molecule has 19 heavy (non-hydrogen) atoms. The molecule has 1 aromatic carbocycles. The minimum Gasteiger partial charge on any atom is -0.377 e. The van der Waals surface area contributed by atoms with Gasteiger partial charge in [-0.2, -0.15) is 0 Å². The number of ether oxygens (including phenoxy) is 1. The predicted molar refractivity (Wildman–Crippen MR) is 74.7 cm³/mol. The van der Waals surface area contributed by atoms with Crippen LogP contribution in [-0.2, 0) is 20.2 Å². The van der Waals surface area contributed by atoms with E-state index >= 15 is 0 Å². The number of rotatable bonds is 3. The Morgan fingerprint density at radius 3 is 2.05 bits per heavy atom. The highest BCUT2D eigenvalue weighted by molar-refractivity contribution is 7.89. The van der Waals surface area contributed by atoms with Gasteiger partial charge in [0.2, 0.25) is 10.0 Å². The van der Waals surface area contributed by atoms with Crippen molar-refractivity contribution in [3.05, 3.63) is 29.8 Å². The van der Waals surface area contributed by atoms with Crippen molar-refractivity contribution in [1.29, 1.82) is 0 Å². The fourth-order valence-electron chi connectivity index (χ4n) is 1.98. The first-order valence-corrected chi connectivity index (χ1v) is 7.83. The second-order valence-electron chi connectivity index (χ2n) is 6.43.